The lowest BCUT2D eigenvalue weighted by molar-refractivity contribution is -0.0960. The molecule has 1 aromatic rings. The molecule has 1 unspecified atom stereocenters. The molecule has 2 rings (SSSR count). The zero-order chi connectivity index (χ0) is 13.2. The third kappa shape index (κ3) is 3.31. The fourth-order valence-corrected chi connectivity index (χ4v) is 3.15. The van der Waals surface area contributed by atoms with Gasteiger partial charge in [-0.05, 0) is 36.6 Å². The molecule has 0 saturated heterocycles. The highest BCUT2D eigenvalue weighted by molar-refractivity contribution is 9.10. The maximum Gasteiger partial charge on any atom is 0.124 e. The van der Waals surface area contributed by atoms with Gasteiger partial charge in [0.05, 0.1) is 11.7 Å². The summed E-state index contributed by atoms with van der Waals surface area (Å²) in [5.74, 6) is -0.331. The summed E-state index contributed by atoms with van der Waals surface area (Å²) in [5.41, 5.74) is -0.301. The van der Waals surface area contributed by atoms with Crippen molar-refractivity contribution in [3.8, 4) is 0 Å². The first kappa shape index (κ1) is 14.0. The van der Waals surface area contributed by atoms with Crippen LogP contribution in [0, 0.1) is 5.82 Å². The van der Waals surface area contributed by atoms with Gasteiger partial charge in [0.1, 0.15) is 5.82 Å². The second-order valence-electron chi connectivity index (χ2n) is 5.16. The van der Waals surface area contributed by atoms with E-state index in [1.807, 2.05) is 0 Å². The van der Waals surface area contributed by atoms with Crippen LogP contribution in [0.15, 0.2) is 22.7 Å². The van der Waals surface area contributed by atoms with Crippen LogP contribution in [-0.2, 0) is 6.42 Å². The van der Waals surface area contributed by atoms with Crippen molar-refractivity contribution in [3.63, 3.8) is 0 Å². The van der Waals surface area contributed by atoms with Crippen LogP contribution in [0.25, 0.3) is 0 Å². The second kappa shape index (κ2) is 5.68. The summed E-state index contributed by atoms with van der Waals surface area (Å²) in [6.07, 6.45) is 3.72. The van der Waals surface area contributed by atoms with Crippen LogP contribution < -0.4 is 0 Å². The quantitative estimate of drug-likeness (QED) is 0.899. The van der Waals surface area contributed by atoms with E-state index in [0.29, 0.717) is 22.9 Å². The van der Waals surface area contributed by atoms with Crippen molar-refractivity contribution in [1.29, 1.82) is 0 Å². The molecule has 0 bridgehead atoms. The molecule has 0 spiro atoms. The molecule has 1 atom stereocenters. The van der Waals surface area contributed by atoms with Crippen molar-refractivity contribution in [3.05, 3.63) is 34.1 Å². The van der Waals surface area contributed by atoms with Gasteiger partial charge in [-0.1, -0.05) is 35.2 Å². The third-order valence-corrected chi connectivity index (χ3v) is 4.15. The Bertz CT molecular complexity index is 396. The van der Waals surface area contributed by atoms with Gasteiger partial charge in [-0.3, -0.25) is 0 Å². The van der Waals surface area contributed by atoms with E-state index in [-0.39, 0.29) is 12.2 Å². The molecule has 0 aromatic heterocycles. The number of hydrogen-bond acceptors (Lipinski definition) is 2. The van der Waals surface area contributed by atoms with Crippen LogP contribution in [0.5, 0.6) is 0 Å². The third-order valence-electron chi connectivity index (χ3n) is 3.69. The van der Waals surface area contributed by atoms with Crippen molar-refractivity contribution in [2.24, 2.45) is 0 Å². The first-order chi connectivity index (χ1) is 8.49. The summed E-state index contributed by atoms with van der Waals surface area (Å²) in [5, 5.41) is 20.6. The molecule has 0 amide bonds. The van der Waals surface area contributed by atoms with Gasteiger partial charge in [0.25, 0.3) is 0 Å². The zero-order valence-electron chi connectivity index (χ0n) is 10.2. The van der Waals surface area contributed by atoms with Crippen molar-refractivity contribution in [2.45, 2.75) is 50.2 Å². The molecule has 100 valence electrons. The normalized spacial score (nSPS) is 20.7. The average Bonchev–Trinajstić information content (AvgIpc) is 2.28. The zero-order valence-corrected chi connectivity index (χ0v) is 11.8. The number of halogens is 2. The summed E-state index contributed by atoms with van der Waals surface area (Å²) in [6, 6.07) is 4.56. The van der Waals surface area contributed by atoms with E-state index < -0.39 is 11.7 Å². The molecule has 0 heterocycles. The molecule has 2 N–H and O–H groups in total. The maximum atomic E-state index is 13.2. The van der Waals surface area contributed by atoms with E-state index in [0.717, 1.165) is 19.3 Å². The van der Waals surface area contributed by atoms with E-state index in [2.05, 4.69) is 15.9 Å². The Kier molecular flexibility index (Phi) is 4.41. The summed E-state index contributed by atoms with van der Waals surface area (Å²) in [7, 11) is 0. The molecule has 4 heteroatoms. The Morgan fingerprint density at radius 1 is 1.22 bits per heavy atom. The average molecular weight is 317 g/mol. The van der Waals surface area contributed by atoms with E-state index in [9.17, 15) is 14.6 Å². The molecule has 2 nitrogen and oxygen atoms in total. The lowest BCUT2D eigenvalue weighted by Gasteiger charge is -2.36. The summed E-state index contributed by atoms with van der Waals surface area (Å²) < 4.78 is 13.9. The molecule has 1 fully saturated rings. The molecule has 0 aliphatic heterocycles. The molecule has 18 heavy (non-hydrogen) atoms. The molecule has 1 aliphatic rings. The minimum absolute atomic E-state index is 0.285. The largest absolute Gasteiger partial charge is 0.390 e. The van der Waals surface area contributed by atoms with Crippen LogP contribution in [0.4, 0.5) is 4.39 Å². The van der Waals surface area contributed by atoms with Crippen molar-refractivity contribution < 1.29 is 14.6 Å². The monoisotopic (exact) mass is 316 g/mol. The lowest BCUT2D eigenvalue weighted by Crippen LogP contribution is -2.45. The molecule has 1 aliphatic carbocycles. The van der Waals surface area contributed by atoms with Crippen LogP contribution in [0.3, 0.4) is 0 Å². The first-order valence-electron chi connectivity index (χ1n) is 6.35. The molecule has 0 radical (unpaired) electrons. The Morgan fingerprint density at radius 3 is 2.50 bits per heavy atom. The van der Waals surface area contributed by atoms with Gasteiger partial charge in [-0.25, -0.2) is 4.39 Å². The fourth-order valence-electron chi connectivity index (χ4n) is 2.64. The summed E-state index contributed by atoms with van der Waals surface area (Å²) in [6.45, 7) is 0. The van der Waals surface area contributed by atoms with Crippen molar-refractivity contribution in [2.75, 3.05) is 0 Å². The van der Waals surface area contributed by atoms with Crippen LogP contribution in [-0.4, -0.2) is 21.9 Å². The summed E-state index contributed by atoms with van der Waals surface area (Å²) >= 11 is 3.23. The van der Waals surface area contributed by atoms with E-state index in [1.54, 1.807) is 6.07 Å². The van der Waals surface area contributed by atoms with Crippen molar-refractivity contribution in [1.82, 2.24) is 0 Å². The Balaban J connectivity index is 2.08. The topological polar surface area (TPSA) is 40.5 Å². The van der Waals surface area contributed by atoms with Crippen LogP contribution in [0.1, 0.15) is 37.7 Å². The van der Waals surface area contributed by atoms with E-state index in [1.165, 1.54) is 12.1 Å². The first-order valence-corrected chi connectivity index (χ1v) is 7.14. The van der Waals surface area contributed by atoms with E-state index in [4.69, 9.17) is 0 Å². The lowest BCUT2D eigenvalue weighted by atomic mass is 9.79. The number of benzene rings is 1. The van der Waals surface area contributed by atoms with Gasteiger partial charge in [-0.15, -0.1) is 0 Å². The predicted octanol–water partition coefficient (Wildman–Crippen LogP) is 3.19. The standard InChI is InChI=1S/C14H18BrFO2/c15-11-6-10(7-12(16)9-11)8-13(17)14(18)4-2-1-3-5-14/h6-7,9,13,17-18H,1-5,8H2. The minimum Gasteiger partial charge on any atom is -0.390 e. The molecule has 1 saturated carbocycles. The Labute approximate surface area is 115 Å². The van der Waals surface area contributed by atoms with Crippen LogP contribution >= 0.6 is 15.9 Å². The Hall–Kier alpha value is -0.450. The van der Waals surface area contributed by atoms with Gasteiger partial charge in [-0.2, -0.15) is 0 Å². The number of rotatable bonds is 3. The van der Waals surface area contributed by atoms with Crippen molar-refractivity contribution >= 4 is 15.9 Å². The number of aliphatic hydroxyl groups is 2. The fraction of sp³-hybridized carbons (Fsp3) is 0.571. The highest BCUT2D eigenvalue weighted by atomic mass is 79.9. The molecular weight excluding hydrogens is 299 g/mol. The van der Waals surface area contributed by atoms with Crippen LogP contribution in [0.2, 0.25) is 0 Å². The highest BCUT2D eigenvalue weighted by Gasteiger charge is 2.36. The second-order valence-corrected chi connectivity index (χ2v) is 6.08. The van der Waals surface area contributed by atoms with Gasteiger partial charge in [0.15, 0.2) is 0 Å². The van der Waals surface area contributed by atoms with Gasteiger partial charge >= 0.3 is 0 Å². The summed E-state index contributed by atoms with van der Waals surface area (Å²) in [4.78, 5) is 0. The molecular formula is C14H18BrFO2. The maximum absolute atomic E-state index is 13.2. The predicted molar refractivity (Wildman–Crippen MR) is 71.8 cm³/mol. The highest BCUT2D eigenvalue weighted by Crippen LogP contribution is 2.32. The SMILES string of the molecule is OC(Cc1cc(F)cc(Br)c1)C1(O)CCCCC1. The molecule has 1 aromatic carbocycles. The minimum atomic E-state index is -1.00. The number of aliphatic hydroxyl groups excluding tert-OH is 1. The number of hydrogen-bond donors (Lipinski definition) is 2. The smallest absolute Gasteiger partial charge is 0.124 e. The van der Waals surface area contributed by atoms with Gasteiger partial charge in [0, 0.05) is 10.9 Å². The Morgan fingerprint density at radius 2 is 1.89 bits per heavy atom. The van der Waals surface area contributed by atoms with E-state index >= 15 is 0 Å². The van der Waals surface area contributed by atoms with Gasteiger partial charge < -0.3 is 10.2 Å². The van der Waals surface area contributed by atoms with Gasteiger partial charge in [0.2, 0.25) is 0 Å².